The molecule has 4 rings (SSSR count). The van der Waals surface area contributed by atoms with E-state index >= 15 is 0 Å². The number of furan rings is 1. The number of aliphatic hydroxyl groups is 1. The van der Waals surface area contributed by atoms with Crippen LogP contribution in [-0.2, 0) is 4.79 Å². The smallest absolute Gasteiger partial charge is 0.296 e. The highest BCUT2D eigenvalue weighted by Gasteiger charge is 2.47. The second-order valence-corrected chi connectivity index (χ2v) is 7.47. The van der Waals surface area contributed by atoms with Gasteiger partial charge >= 0.3 is 0 Å². The predicted octanol–water partition coefficient (Wildman–Crippen LogP) is 3.43. The molecule has 0 spiro atoms. The fourth-order valence-electron chi connectivity index (χ4n) is 2.95. The number of aliphatic hydroxyl groups excluding tert-OH is 1. The van der Waals surface area contributed by atoms with Crippen LogP contribution in [0.1, 0.15) is 47.1 Å². The van der Waals surface area contributed by atoms with Gasteiger partial charge < -0.3 is 9.52 Å². The molecule has 3 aromatic rings. The second kappa shape index (κ2) is 7.01. The zero-order chi connectivity index (χ0) is 19.8. The molecule has 9 heteroatoms. The Labute approximate surface area is 164 Å². The number of anilines is 1. The van der Waals surface area contributed by atoms with Crippen LogP contribution >= 0.6 is 11.3 Å². The van der Waals surface area contributed by atoms with E-state index in [2.05, 4.69) is 15.2 Å². The van der Waals surface area contributed by atoms with E-state index in [1.807, 2.05) is 13.8 Å². The zero-order valence-electron chi connectivity index (χ0n) is 15.1. The van der Waals surface area contributed by atoms with E-state index in [1.54, 1.807) is 30.5 Å². The summed E-state index contributed by atoms with van der Waals surface area (Å²) in [5, 5.41) is 19.8. The van der Waals surface area contributed by atoms with Gasteiger partial charge in [0.05, 0.1) is 17.5 Å². The Balaban J connectivity index is 1.85. The first-order chi connectivity index (χ1) is 13.5. The summed E-state index contributed by atoms with van der Waals surface area (Å²) in [5.74, 6) is -1.79. The minimum Gasteiger partial charge on any atom is -0.503 e. The molecule has 0 aliphatic carbocycles. The first kappa shape index (κ1) is 18.1. The summed E-state index contributed by atoms with van der Waals surface area (Å²) in [6.07, 6.45) is 2.91. The molecule has 1 aliphatic rings. The van der Waals surface area contributed by atoms with Crippen LogP contribution in [0.3, 0.4) is 0 Å². The second-order valence-electron chi connectivity index (χ2n) is 6.48. The monoisotopic (exact) mass is 396 g/mol. The highest BCUT2D eigenvalue weighted by atomic mass is 32.1. The Morgan fingerprint density at radius 1 is 1.25 bits per heavy atom. The van der Waals surface area contributed by atoms with Crippen LogP contribution < -0.4 is 4.90 Å². The van der Waals surface area contributed by atoms with Crippen LogP contribution in [0.5, 0.6) is 0 Å². The molecule has 1 amide bonds. The van der Waals surface area contributed by atoms with Gasteiger partial charge in [-0.15, -0.1) is 10.2 Å². The largest absolute Gasteiger partial charge is 0.503 e. The molecule has 0 aromatic carbocycles. The molecular formula is C19H16N4O4S. The van der Waals surface area contributed by atoms with Gasteiger partial charge in [-0.05, 0) is 24.3 Å². The molecule has 1 aliphatic heterocycles. The summed E-state index contributed by atoms with van der Waals surface area (Å²) in [6.45, 7) is 3.93. The zero-order valence-corrected chi connectivity index (χ0v) is 15.9. The Bertz CT molecular complexity index is 1060. The van der Waals surface area contributed by atoms with Crippen molar-refractivity contribution in [3.8, 4) is 0 Å². The molecule has 0 bridgehead atoms. The van der Waals surface area contributed by atoms with E-state index in [1.165, 1.54) is 28.6 Å². The van der Waals surface area contributed by atoms with Crippen molar-refractivity contribution in [2.75, 3.05) is 4.90 Å². The Morgan fingerprint density at radius 2 is 2.07 bits per heavy atom. The molecule has 1 atom stereocenters. The summed E-state index contributed by atoms with van der Waals surface area (Å²) in [7, 11) is 0. The molecule has 0 saturated carbocycles. The molecule has 3 aromatic heterocycles. The van der Waals surface area contributed by atoms with E-state index in [4.69, 9.17) is 4.42 Å². The molecule has 28 heavy (non-hydrogen) atoms. The van der Waals surface area contributed by atoms with Crippen LogP contribution in [0.25, 0.3) is 0 Å². The van der Waals surface area contributed by atoms with Gasteiger partial charge in [0.2, 0.25) is 10.9 Å². The SMILES string of the molecule is CC(C)c1nnc(N2C(=O)C(O)=C(C(=O)c3ccco3)[C@H]2c2ccccn2)s1. The molecule has 4 heterocycles. The highest BCUT2D eigenvalue weighted by molar-refractivity contribution is 7.15. The summed E-state index contributed by atoms with van der Waals surface area (Å²) < 4.78 is 5.18. The fourth-order valence-corrected chi connectivity index (χ4v) is 3.82. The van der Waals surface area contributed by atoms with Gasteiger partial charge in [-0.25, -0.2) is 0 Å². The van der Waals surface area contributed by atoms with Crippen LogP contribution in [0, 0.1) is 0 Å². The minimum absolute atomic E-state index is 0.0252. The quantitative estimate of drug-likeness (QED) is 0.658. The molecule has 0 radical (unpaired) electrons. The van der Waals surface area contributed by atoms with Crippen molar-refractivity contribution >= 4 is 28.2 Å². The summed E-state index contributed by atoms with van der Waals surface area (Å²) >= 11 is 1.24. The maximum absolute atomic E-state index is 13.0. The molecular weight excluding hydrogens is 380 g/mol. The molecule has 142 valence electrons. The number of hydrogen-bond donors (Lipinski definition) is 1. The molecule has 0 unspecified atom stereocenters. The van der Waals surface area contributed by atoms with Crippen molar-refractivity contribution in [2.24, 2.45) is 0 Å². The summed E-state index contributed by atoms with van der Waals surface area (Å²) in [5.41, 5.74) is 0.330. The summed E-state index contributed by atoms with van der Waals surface area (Å²) in [4.78, 5) is 31.4. The average molecular weight is 396 g/mol. The van der Waals surface area contributed by atoms with Crippen molar-refractivity contribution in [3.63, 3.8) is 0 Å². The Kier molecular flexibility index (Phi) is 4.52. The van der Waals surface area contributed by atoms with E-state index in [0.29, 0.717) is 5.69 Å². The van der Waals surface area contributed by atoms with Crippen LogP contribution in [0.4, 0.5) is 5.13 Å². The van der Waals surface area contributed by atoms with Crippen molar-refractivity contribution in [2.45, 2.75) is 25.8 Å². The first-order valence-electron chi connectivity index (χ1n) is 8.58. The number of hydrogen-bond acceptors (Lipinski definition) is 8. The predicted molar refractivity (Wildman–Crippen MR) is 101 cm³/mol. The fraction of sp³-hybridized carbons (Fsp3) is 0.211. The lowest BCUT2D eigenvalue weighted by molar-refractivity contribution is -0.117. The van der Waals surface area contributed by atoms with E-state index in [0.717, 1.165) is 5.01 Å². The van der Waals surface area contributed by atoms with Gasteiger partial charge in [-0.2, -0.15) is 0 Å². The van der Waals surface area contributed by atoms with E-state index in [9.17, 15) is 14.7 Å². The standard InChI is InChI=1S/C19H16N4O4S/c1-10(2)17-21-22-19(28-17)23-14(11-6-3-4-8-20-11)13(16(25)18(23)26)15(24)12-7-5-9-27-12/h3-10,14,25H,1-2H3/t14-/m1/s1. The Morgan fingerprint density at radius 3 is 2.68 bits per heavy atom. The van der Waals surface area contributed by atoms with Crippen molar-refractivity contribution in [1.82, 2.24) is 15.2 Å². The van der Waals surface area contributed by atoms with Gasteiger partial charge in [-0.3, -0.25) is 19.5 Å². The number of aromatic nitrogens is 3. The lowest BCUT2D eigenvalue weighted by atomic mass is 9.99. The number of carbonyl (C=O) groups excluding carboxylic acids is 2. The Hall–Kier alpha value is -3.33. The highest BCUT2D eigenvalue weighted by Crippen LogP contribution is 2.42. The number of Topliss-reactive ketones (excluding diaryl/α,β-unsaturated/α-hetero) is 1. The van der Waals surface area contributed by atoms with Gasteiger partial charge in [0.15, 0.2) is 11.5 Å². The van der Waals surface area contributed by atoms with Gasteiger partial charge in [0, 0.05) is 12.1 Å². The van der Waals surface area contributed by atoms with Crippen LogP contribution in [0.15, 0.2) is 58.5 Å². The third kappa shape index (κ3) is 2.89. The van der Waals surface area contributed by atoms with Crippen molar-refractivity contribution in [3.05, 3.63) is 70.6 Å². The molecule has 1 N–H and O–H groups in total. The lowest BCUT2D eigenvalue weighted by Crippen LogP contribution is -2.31. The van der Waals surface area contributed by atoms with Crippen LogP contribution in [0.2, 0.25) is 0 Å². The van der Waals surface area contributed by atoms with Gasteiger partial charge in [0.25, 0.3) is 5.91 Å². The average Bonchev–Trinajstić information content (AvgIpc) is 3.43. The normalized spacial score (nSPS) is 17.0. The van der Waals surface area contributed by atoms with Crippen molar-refractivity contribution < 1.29 is 19.1 Å². The first-order valence-corrected chi connectivity index (χ1v) is 9.40. The van der Waals surface area contributed by atoms with E-state index in [-0.39, 0.29) is 22.4 Å². The minimum atomic E-state index is -0.931. The number of rotatable bonds is 5. The number of pyridine rings is 1. The topological polar surface area (TPSA) is 109 Å². The number of amides is 1. The maximum Gasteiger partial charge on any atom is 0.296 e. The summed E-state index contributed by atoms with van der Waals surface area (Å²) in [6, 6.07) is 7.27. The molecule has 8 nitrogen and oxygen atoms in total. The third-order valence-corrected chi connectivity index (χ3v) is 5.52. The van der Waals surface area contributed by atoms with Gasteiger partial charge in [-0.1, -0.05) is 31.3 Å². The number of carbonyl (C=O) groups is 2. The molecule has 0 fully saturated rings. The molecule has 0 saturated heterocycles. The van der Waals surface area contributed by atoms with Gasteiger partial charge in [0.1, 0.15) is 11.0 Å². The van der Waals surface area contributed by atoms with Crippen molar-refractivity contribution in [1.29, 1.82) is 0 Å². The van der Waals surface area contributed by atoms with E-state index < -0.39 is 23.5 Å². The third-order valence-electron chi connectivity index (χ3n) is 4.30. The lowest BCUT2D eigenvalue weighted by Gasteiger charge is -2.22. The van der Waals surface area contributed by atoms with Crippen LogP contribution in [-0.4, -0.2) is 32.0 Å². The number of nitrogens with zero attached hydrogens (tertiary/aromatic N) is 4. The maximum atomic E-state index is 13.0. The number of ketones is 1.